The summed E-state index contributed by atoms with van der Waals surface area (Å²) in [6.45, 7) is 2.70. The molecule has 31 heavy (non-hydrogen) atoms. The maximum atomic E-state index is 14.8. The second-order valence-electron chi connectivity index (χ2n) is 7.88. The van der Waals surface area contributed by atoms with Gasteiger partial charge in [0.05, 0.1) is 5.92 Å². The lowest BCUT2D eigenvalue weighted by Crippen LogP contribution is -2.11. The summed E-state index contributed by atoms with van der Waals surface area (Å²) >= 11 is 5.26. The smallest absolute Gasteiger partial charge is 0.426 e. The van der Waals surface area contributed by atoms with Crippen molar-refractivity contribution in [2.45, 2.75) is 26.6 Å². The third-order valence-electron chi connectivity index (χ3n) is 5.38. The van der Waals surface area contributed by atoms with E-state index in [-0.39, 0.29) is 16.7 Å². The lowest BCUT2D eigenvalue weighted by atomic mass is 10.0. The number of carbonyl (C=O) groups is 1. The van der Waals surface area contributed by atoms with E-state index in [0.29, 0.717) is 6.07 Å². The highest BCUT2D eigenvalue weighted by Crippen LogP contribution is 2.60. The summed E-state index contributed by atoms with van der Waals surface area (Å²) in [7, 11) is 0. The Morgan fingerprint density at radius 1 is 1.13 bits per heavy atom. The van der Waals surface area contributed by atoms with Crippen molar-refractivity contribution < 1.29 is 35.9 Å². The van der Waals surface area contributed by atoms with Crippen LogP contribution in [-0.2, 0) is 16.1 Å². The zero-order valence-electron chi connectivity index (χ0n) is 16.4. The fourth-order valence-corrected chi connectivity index (χ4v) is 3.69. The highest BCUT2D eigenvalue weighted by molar-refractivity contribution is 6.30. The fraction of sp³-hybridized carbons (Fsp3) is 0.318. The molecule has 9 heteroatoms. The van der Waals surface area contributed by atoms with Crippen molar-refractivity contribution in [3.8, 4) is 11.1 Å². The molecule has 0 spiro atoms. The van der Waals surface area contributed by atoms with Gasteiger partial charge < -0.3 is 4.74 Å². The molecule has 1 saturated carbocycles. The third kappa shape index (κ3) is 4.89. The standard InChI is InChI=1S/C22H17ClF6O2/c1-21(2)16(9-17(23)22(27,28)29)18(21)20(30)31-10-11-4-3-5-15(19(11)26)12-6-13(24)8-14(25)7-12/h3-9,16,18H,10H2,1-2H3. The van der Waals surface area contributed by atoms with E-state index in [2.05, 4.69) is 0 Å². The van der Waals surface area contributed by atoms with E-state index in [9.17, 15) is 31.1 Å². The van der Waals surface area contributed by atoms with E-state index < -0.39 is 58.5 Å². The van der Waals surface area contributed by atoms with Crippen LogP contribution in [0.15, 0.2) is 47.5 Å². The largest absolute Gasteiger partial charge is 0.460 e. The van der Waals surface area contributed by atoms with Gasteiger partial charge in [-0.25, -0.2) is 13.2 Å². The molecular weight excluding hydrogens is 446 g/mol. The Labute approximate surface area is 179 Å². The summed E-state index contributed by atoms with van der Waals surface area (Å²) in [5, 5.41) is -1.32. The zero-order valence-corrected chi connectivity index (χ0v) is 17.1. The van der Waals surface area contributed by atoms with Crippen molar-refractivity contribution in [2.24, 2.45) is 17.3 Å². The summed E-state index contributed by atoms with van der Waals surface area (Å²) in [5.74, 6) is -5.02. The zero-order chi connectivity index (χ0) is 23.1. The molecule has 0 bridgehead atoms. The van der Waals surface area contributed by atoms with Crippen LogP contribution in [0, 0.1) is 34.7 Å². The minimum Gasteiger partial charge on any atom is -0.460 e. The van der Waals surface area contributed by atoms with Crippen LogP contribution in [-0.4, -0.2) is 12.1 Å². The monoisotopic (exact) mass is 462 g/mol. The number of hydrogen-bond donors (Lipinski definition) is 0. The number of carbonyl (C=O) groups excluding carboxylic acids is 1. The van der Waals surface area contributed by atoms with Crippen LogP contribution in [0.5, 0.6) is 0 Å². The Morgan fingerprint density at radius 3 is 2.32 bits per heavy atom. The van der Waals surface area contributed by atoms with Gasteiger partial charge in [0.15, 0.2) is 0 Å². The second kappa shape index (κ2) is 8.22. The van der Waals surface area contributed by atoms with Crippen LogP contribution in [0.4, 0.5) is 26.3 Å². The number of rotatable bonds is 5. The number of benzene rings is 2. The predicted molar refractivity (Wildman–Crippen MR) is 102 cm³/mol. The average molecular weight is 463 g/mol. The first-order chi connectivity index (χ1) is 14.3. The Balaban J connectivity index is 1.74. The molecule has 0 amide bonds. The maximum absolute atomic E-state index is 14.8. The molecule has 2 aromatic carbocycles. The van der Waals surface area contributed by atoms with Crippen LogP contribution in [0.1, 0.15) is 19.4 Å². The number of halogens is 7. The molecular formula is C22H17ClF6O2. The van der Waals surface area contributed by atoms with Crippen LogP contribution in [0.2, 0.25) is 0 Å². The van der Waals surface area contributed by atoms with E-state index in [1.807, 2.05) is 0 Å². The van der Waals surface area contributed by atoms with Crippen LogP contribution >= 0.6 is 11.6 Å². The van der Waals surface area contributed by atoms with Gasteiger partial charge >= 0.3 is 12.1 Å². The summed E-state index contributed by atoms with van der Waals surface area (Å²) in [4.78, 5) is 12.4. The first kappa shape index (κ1) is 23.2. The summed E-state index contributed by atoms with van der Waals surface area (Å²) in [5.41, 5.74) is -0.966. The SMILES string of the molecule is CC1(C)C(C=C(Cl)C(F)(F)F)C1C(=O)OCc1cccc(-c2cc(F)cc(F)c2)c1F. The van der Waals surface area contributed by atoms with Crippen molar-refractivity contribution in [1.82, 2.24) is 0 Å². The first-order valence-corrected chi connectivity index (χ1v) is 9.55. The lowest BCUT2D eigenvalue weighted by Gasteiger charge is -2.10. The van der Waals surface area contributed by atoms with Crippen molar-refractivity contribution >= 4 is 17.6 Å². The van der Waals surface area contributed by atoms with Gasteiger partial charge in [-0.2, -0.15) is 13.2 Å². The topological polar surface area (TPSA) is 26.3 Å². The molecule has 2 nitrogen and oxygen atoms in total. The Hall–Kier alpha value is -2.48. The van der Waals surface area contributed by atoms with Gasteiger partial charge in [-0.3, -0.25) is 4.79 Å². The number of hydrogen-bond acceptors (Lipinski definition) is 2. The first-order valence-electron chi connectivity index (χ1n) is 9.17. The molecule has 0 heterocycles. The molecule has 2 unspecified atom stereocenters. The van der Waals surface area contributed by atoms with E-state index in [4.69, 9.17) is 16.3 Å². The summed E-state index contributed by atoms with van der Waals surface area (Å²) in [6.07, 6.45) is -3.93. The van der Waals surface area contributed by atoms with Crippen LogP contribution < -0.4 is 0 Å². The summed E-state index contributed by atoms with van der Waals surface area (Å²) in [6, 6.07) is 6.66. The lowest BCUT2D eigenvalue weighted by molar-refractivity contribution is -0.147. The van der Waals surface area contributed by atoms with E-state index in [0.717, 1.165) is 18.2 Å². The Kier molecular flexibility index (Phi) is 6.15. The number of alkyl halides is 3. The number of esters is 1. The fourth-order valence-electron chi connectivity index (χ4n) is 3.55. The van der Waals surface area contributed by atoms with Gasteiger partial charge in [0, 0.05) is 17.2 Å². The highest BCUT2D eigenvalue weighted by Gasteiger charge is 2.62. The van der Waals surface area contributed by atoms with Crippen molar-refractivity contribution in [3.05, 3.63) is 70.5 Å². The quantitative estimate of drug-likeness (QED) is 0.362. The van der Waals surface area contributed by atoms with Crippen LogP contribution in [0.3, 0.4) is 0 Å². The minimum absolute atomic E-state index is 0.0292. The van der Waals surface area contributed by atoms with Crippen molar-refractivity contribution in [1.29, 1.82) is 0 Å². The van der Waals surface area contributed by atoms with Gasteiger partial charge in [-0.05, 0) is 29.0 Å². The van der Waals surface area contributed by atoms with Gasteiger partial charge in [-0.1, -0.05) is 49.7 Å². The van der Waals surface area contributed by atoms with E-state index in [1.165, 1.54) is 18.2 Å². The average Bonchev–Trinajstić information content (AvgIpc) is 3.19. The molecule has 2 aromatic rings. The van der Waals surface area contributed by atoms with Crippen molar-refractivity contribution in [3.63, 3.8) is 0 Å². The molecule has 2 atom stereocenters. The summed E-state index contributed by atoms with van der Waals surface area (Å²) < 4.78 is 84.8. The molecule has 0 radical (unpaired) electrons. The molecule has 1 fully saturated rings. The molecule has 0 N–H and O–H groups in total. The highest BCUT2D eigenvalue weighted by atomic mass is 35.5. The third-order valence-corrected chi connectivity index (χ3v) is 5.72. The second-order valence-corrected chi connectivity index (χ2v) is 8.29. The predicted octanol–water partition coefficient (Wildman–Crippen LogP) is 6.77. The molecule has 166 valence electrons. The molecule has 1 aliphatic rings. The van der Waals surface area contributed by atoms with Crippen LogP contribution in [0.25, 0.3) is 11.1 Å². The number of ether oxygens (including phenoxy) is 1. The van der Waals surface area contributed by atoms with E-state index >= 15 is 0 Å². The van der Waals surface area contributed by atoms with Gasteiger partial charge in [0.1, 0.15) is 29.1 Å². The van der Waals surface area contributed by atoms with Gasteiger partial charge in [-0.15, -0.1) is 0 Å². The van der Waals surface area contributed by atoms with E-state index in [1.54, 1.807) is 13.8 Å². The Bertz CT molecular complexity index is 1020. The Morgan fingerprint density at radius 2 is 1.74 bits per heavy atom. The van der Waals surface area contributed by atoms with Gasteiger partial charge in [0.25, 0.3) is 0 Å². The molecule has 0 aliphatic heterocycles. The number of allylic oxidation sites excluding steroid dienone is 2. The maximum Gasteiger partial charge on any atom is 0.426 e. The normalized spacial score (nSPS) is 20.5. The molecule has 0 saturated heterocycles. The molecule has 1 aliphatic carbocycles. The molecule has 3 rings (SSSR count). The van der Waals surface area contributed by atoms with Gasteiger partial charge in [0.2, 0.25) is 0 Å². The molecule has 0 aromatic heterocycles. The van der Waals surface area contributed by atoms with Crippen molar-refractivity contribution in [2.75, 3.05) is 0 Å². The minimum atomic E-state index is -4.71.